The smallest absolute Gasteiger partial charge is 0.249 e. The molecule has 2 aliphatic heterocycles. The second kappa shape index (κ2) is 5.22. The molecule has 3 rings (SSSR count). The molecule has 2 saturated heterocycles. The maximum atomic E-state index is 12.5. The Hall–Kier alpha value is -1.76. The molecule has 1 aliphatic carbocycles. The summed E-state index contributed by atoms with van der Waals surface area (Å²) in [6.07, 6.45) is 2.51. The van der Waals surface area contributed by atoms with Gasteiger partial charge in [0.1, 0.15) is 6.04 Å². The zero-order valence-electron chi connectivity index (χ0n) is 11.7. The van der Waals surface area contributed by atoms with E-state index in [4.69, 9.17) is 5.73 Å². The van der Waals surface area contributed by atoms with Gasteiger partial charge >= 0.3 is 0 Å². The molecule has 0 aromatic carbocycles. The molecule has 7 nitrogen and oxygen atoms in total. The van der Waals surface area contributed by atoms with Crippen molar-refractivity contribution in [2.45, 2.75) is 38.1 Å². The molecule has 3 N–H and O–H groups in total. The van der Waals surface area contributed by atoms with Crippen molar-refractivity contribution in [1.82, 2.24) is 10.2 Å². The van der Waals surface area contributed by atoms with Crippen molar-refractivity contribution in [2.75, 3.05) is 6.54 Å². The normalized spacial score (nSPS) is 36.7. The van der Waals surface area contributed by atoms with Crippen molar-refractivity contribution in [1.29, 1.82) is 0 Å². The number of carbonyl (C=O) groups excluding carboxylic acids is 4. The Morgan fingerprint density at radius 2 is 1.76 bits per heavy atom. The maximum Gasteiger partial charge on any atom is 0.249 e. The third kappa shape index (κ3) is 2.25. The van der Waals surface area contributed by atoms with Crippen molar-refractivity contribution in [3.8, 4) is 0 Å². The molecule has 7 heteroatoms. The molecule has 0 bridgehead atoms. The number of nitrogens with one attached hydrogen (secondary N) is 1. The lowest BCUT2D eigenvalue weighted by Gasteiger charge is -2.28. The fraction of sp³-hybridized carbons (Fsp3) is 0.714. The second-order valence-corrected chi connectivity index (χ2v) is 6.14. The Kier molecular flexibility index (Phi) is 3.52. The summed E-state index contributed by atoms with van der Waals surface area (Å²) in [7, 11) is 0. The van der Waals surface area contributed by atoms with E-state index in [9.17, 15) is 19.2 Å². The molecule has 114 valence electrons. The molecule has 1 saturated carbocycles. The first-order chi connectivity index (χ1) is 10.0. The van der Waals surface area contributed by atoms with Gasteiger partial charge < -0.3 is 5.73 Å². The zero-order chi connectivity index (χ0) is 15.1. The summed E-state index contributed by atoms with van der Waals surface area (Å²) < 4.78 is 0. The van der Waals surface area contributed by atoms with Crippen LogP contribution < -0.4 is 11.1 Å². The summed E-state index contributed by atoms with van der Waals surface area (Å²) in [6, 6.07) is -0.829. The Labute approximate surface area is 122 Å². The third-order valence-electron chi connectivity index (χ3n) is 4.92. The van der Waals surface area contributed by atoms with E-state index in [1.165, 1.54) is 0 Å². The number of likely N-dealkylation sites (tertiary alicyclic amines) is 1. The largest absolute Gasteiger partial charge is 0.330 e. The molecule has 3 aliphatic rings. The molecule has 4 unspecified atom stereocenters. The number of hydrogen-bond donors (Lipinski definition) is 2. The topological polar surface area (TPSA) is 110 Å². The standard InChI is InChI=1S/C14H19N3O4/c15-6-7-1-2-8-9(5-7)14(21)17(13(8)20)10-3-4-11(18)16-12(10)19/h7-10H,1-6,15H2,(H,16,18,19). The molecule has 0 aromatic heterocycles. The first-order valence-electron chi connectivity index (χ1n) is 7.43. The molecule has 4 atom stereocenters. The van der Waals surface area contributed by atoms with Crippen LogP contribution in [-0.2, 0) is 19.2 Å². The molecule has 4 amide bonds. The molecule has 2 heterocycles. The van der Waals surface area contributed by atoms with E-state index >= 15 is 0 Å². The van der Waals surface area contributed by atoms with Gasteiger partial charge in [0, 0.05) is 6.42 Å². The Bertz CT molecular complexity index is 518. The number of piperidine rings is 1. The fourth-order valence-corrected chi connectivity index (χ4v) is 3.74. The highest BCUT2D eigenvalue weighted by Gasteiger charge is 2.53. The number of rotatable bonds is 2. The number of amides is 4. The molecular formula is C14H19N3O4. The van der Waals surface area contributed by atoms with E-state index in [2.05, 4.69) is 5.32 Å². The minimum absolute atomic E-state index is 0.161. The molecule has 3 fully saturated rings. The minimum Gasteiger partial charge on any atom is -0.330 e. The van der Waals surface area contributed by atoms with Crippen LogP contribution in [0.5, 0.6) is 0 Å². The van der Waals surface area contributed by atoms with Gasteiger partial charge in [0.05, 0.1) is 11.8 Å². The lowest BCUT2D eigenvalue weighted by Crippen LogP contribution is -2.54. The zero-order valence-corrected chi connectivity index (χ0v) is 11.7. The van der Waals surface area contributed by atoms with Gasteiger partial charge in [-0.1, -0.05) is 0 Å². The van der Waals surface area contributed by atoms with E-state index in [0.29, 0.717) is 19.4 Å². The van der Waals surface area contributed by atoms with E-state index < -0.39 is 11.9 Å². The number of carbonyl (C=O) groups is 4. The number of nitrogens with two attached hydrogens (primary N) is 1. The van der Waals surface area contributed by atoms with Gasteiger partial charge in [0.25, 0.3) is 0 Å². The number of imide groups is 2. The molecule has 21 heavy (non-hydrogen) atoms. The van der Waals surface area contributed by atoms with Gasteiger partial charge in [-0.25, -0.2) is 0 Å². The highest BCUT2D eigenvalue weighted by atomic mass is 16.2. The van der Waals surface area contributed by atoms with Gasteiger partial charge in [-0.3, -0.25) is 29.4 Å². The van der Waals surface area contributed by atoms with Gasteiger partial charge in [0.15, 0.2) is 0 Å². The van der Waals surface area contributed by atoms with Crippen molar-refractivity contribution in [3.05, 3.63) is 0 Å². The molecule has 0 radical (unpaired) electrons. The monoisotopic (exact) mass is 293 g/mol. The van der Waals surface area contributed by atoms with Crippen LogP contribution in [0.25, 0.3) is 0 Å². The first kappa shape index (κ1) is 14.2. The average molecular weight is 293 g/mol. The minimum atomic E-state index is -0.829. The summed E-state index contributed by atoms with van der Waals surface area (Å²) in [6.45, 7) is 0.517. The fourth-order valence-electron chi connectivity index (χ4n) is 3.74. The van der Waals surface area contributed by atoms with E-state index in [-0.39, 0.29) is 48.3 Å². The predicted octanol–water partition coefficient (Wildman–Crippen LogP) is -0.848. The van der Waals surface area contributed by atoms with Crippen LogP contribution in [0.15, 0.2) is 0 Å². The Balaban J connectivity index is 1.81. The Morgan fingerprint density at radius 1 is 1.05 bits per heavy atom. The number of nitrogens with zero attached hydrogens (tertiary/aromatic N) is 1. The lowest BCUT2D eigenvalue weighted by atomic mass is 9.75. The number of hydrogen-bond acceptors (Lipinski definition) is 5. The van der Waals surface area contributed by atoms with Gasteiger partial charge in [-0.05, 0) is 38.1 Å². The van der Waals surface area contributed by atoms with Crippen LogP contribution in [0.1, 0.15) is 32.1 Å². The summed E-state index contributed by atoms with van der Waals surface area (Å²) in [4.78, 5) is 49.2. The highest BCUT2D eigenvalue weighted by molar-refractivity contribution is 6.10. The molecular weight excluding hydrogens is 274 g/mol. The van der Waals surface area contributed by atoms with Crippen LogP contribution in [0.2, 0.25) is 0 Å². The van der Waals surface area contributed by atoms with E-state index in [1.807, 2.05) is 0 Å². The summed E-state index contributed by atoms with van der Waals surface area (Å²) in [5.41, 5.74) is 5.67. The Morgan fingerprint density at radius 3 is 2.43 bits per heavy atom. The first-order valence-corrected chi connectivity index (χ1v) is 7.43. The van der Waals surface area contributed by atoms with Gasteiger partial charge in [-0.15, -0.1) is 0 Å². The highest BCUT2D eigenvalue weighted by Crippen LogP contribution is 2.41. The summed E-state index contributed by atoms with van der Waals surface area (Å²) in [5.74, 6) is -1.80. The van der Waals surface area contributed by atoms with E-state index in [1.54, 1.807) is 0 Å². The van der Waals surface area contributed by atoms with Crippen molar-refractivity contribution in [2.24, 2.45) is 23.5 Å². The third-order valence-corrected chi connectivity index (χ3v) is 4.92. The van der Waals surface area contributed by atoms with Crippen LogP contribution in [0, 0.1) is 17.8 Å². The predicted molar refractivity (Wildman–Crippen MR) is 71.4 cm³/mol. The molecule has 0 aromatic rings. The van der Waals surface area contributed by atoms with Crippen LogP contribution in [-0.4, -0.2) is 41.1 Å². The van der Waals surface area contributed by atoms with Crippen LogP contribution in [0.4, 0.5) is 0 Å². The van der Waals surface area contributed by atoms with Crippen molar-refractivity contribution in [3.63, 3.8) is 0 Å². The summed E-state index contributed by atoms with van der Waals surface area (Å²) >= 11 is 0. The van der Waals surface area contributed by atoms with Crippen LogP contribution >= 0.6 is 0 Å². The van der Waals surface area contributed by atoms with Crippen molar-refractivity contribution < 1.29 is 19.2 Å². The van der Waals surface area contributed by atoms with Crippen LogP contribution in [0.3, 0.4) is 0 Å². The number of fused-ring (bicyclic) bond motifs is 1. The SMILES string of the molecule is NCC1CCC2C(=O)N(C3CCC(=O)NC3=O)C(=O)C2C1. The van der Waals surface area contributed by atoms with Gasteiger partial charge in [-0.2, -0.15) is 0 Å². The average Bonchev–Trinajstić information content (AvgIpc) is 2.71. The van der Waals surface area contributed by atoms with E-state index in [0.717, 1.165) is 11.3 Å². The molecule has 0 spiro atoms. The maximum absolute atomic E-state index is 12.5. The quantitative estimate of drug-likeness (QED) is 0.645. The summed E-state index contributed by atoms with van der Waals surface area (Å²) in [5, 5.41) is 2.20. The van der Waals surface area contributed by atoms with Crippen molar-refractivity contribution >= 4 is 23.6 Å². The van der Waals surface area contributed by atoms with Gasteiger partial charge in [0.2, 0.25) is 23.6 Å². The second-order valence-electron chi connectivity index (χ2n) is 6.14. The lowest BCUT2D eigenvalue weighted by molar-refractivity contribution is -0.151.